The fourth-order valence-electron chi connectivity index (χ4n) is 1.57. The molecule has 1 rings (SSSR count). The van der Waals surface area contributed by atoms with Crippen LogP contribution in [0.1, 0.15) is 50.9 Å². The Balaban J connectivity index is 2.39. The first-order valence-electron chi connectivity index (χ1n) is 7.39. The van der Waals surface area contributed by atoms with Crippen molar-refractivity contribution in [3.8, 4) is 0 Å². The van der Waals surface area contributed by atoms with Crippen LogP contribution >= 0.6 is 11.8 Å². The topological polar surface area (TPSA) is 26.3 Å². The fourth-order valence-corrected chi connectivity index (χ4v) is 2.72. The quantitative estimate of drug-likeness (QED) is 0.497. The molecular formula is C17H26O2S. The van der Waals surface area contributed by atoms with Gasteiger partial charge in [0.1, 0.15) is 0 Å². The van der Waals surface area contributed by atoms with E-state index >= 15 is 0 Å². The standard InChI is InChI=1S/C17H26O2S/c1-13(2)9-11-19-17(18)15-5-7-16(8-6-15)20-12-10-14(3)4/h5-8,13-14H,9-12H2,1-4H3. The van der Waals surface area contributed by atoms with E-state index in [1.54, 1.807) is 0 Å². The minimum atomic E-state index is -0.218. The first kappa shape index (κ1) is 17.1. The summed E-state index contributed by atoms with van der Waals surface area (Å²) in [6, 6.07) is 7.72. The lowest BCUT2D eigenvalue weighted by atomic mass is 10.1. The molecule has 0 aromatic heterocycles. The van der Waals surface area contributed by atoms with E-state index in [0.29, 0.717) is 18.1 Å². The van der Waals surface area contributed by atoms with Gasteiger partial charge in [-0.3, -0.25) is 0 Å². The fraction of sp³-hybridized carbons (Fsp3) is 0.588. The van der Waals surface area contributed by atoms with Crippen LogP contribution in [0.3, 0.4) is 0 Å². The van der Waals surface area contributed by atoms with Crippen molar-refractivity contribution in [3.05, 3.63) is 29.8 Å². The molecule has 0 amide bonds. The third-order valence-electron chi connectivity index (χ3n) is 2.98. The second-order valence-electron chi connectivity index (χ2n) is 5.87. The van der Waals surface area contributed by atoms with Gasteiger partial charge in [-0.15, -0.1) is 11.8 Å². The number of hydrogen-bond donors (Lipinski definition) is 0. The minimum absolute atomic E-state index is 0.218. The third kappa shape index (κ3) is 6.99. The lowest BCUT2D eigenvalue weighted by Crippen LogP contribution is -2.07. The second kappa shape index (κ2) is 9.06. The predicted octanol–water partition coefficient (Wildman–Crippen LogP) is 5.03. The normalized spacial score (nSPS) is 11.1. The van der Waals surface area contributed by atoms with Gasteiger partial charge in [0.25, 0.3) is 0 Å². The molecule has 0 aliphatic rings. The summed E-state index contributed by atoms with van der Waals surface area (Å²) in [7, 11) is 0. The van der Waals surface area contributed by atoms with Crippen molar-refractivity contribution in [2.24, 2.45) is 11.8 Å². The molecule has 0 radical (unpaired) electrons. The van der Waals surface area contributed by atoms with Gasteiger partial charge in [0, 0.05) is 4.90 Å². The maximum absolute atomic E-state index is 11.8. The van der Waals surface area contributed by atoms with E-state index in [9.17, 15) is 4.79 Å². The second-order valence-corrected chi connectivity index (χ2v) is 7.04. The van der Waals surface area contributed by atoms with E-state index in [1.807, 2.05) is 36.0 Å². The van der Waals surface area contributed by atoms with Gasteiger partial charge in [-0.2, -0.15) is 0 Å². The van der Waals surface area contributed by atoms with Crippen molar-refractivity contribution in [1.29, 1.82) is 0 Å². The van der Waals surface area contributed by atoms with Crippen LogP contribution in [-0.4, -0.2) is 18.3 Å². The molecule has 0 bridgehead atoms. The molecule has 1 aromatic carbocycles. The number of carbonyl (C=O) groups excluding carboxylic acids is 1. The summed E-state index contributed by atoms with van der Waals surface area (Å²) in [5.74, 6) is 2.19. The lowest BCUT2D eigenvalue weighted by molar-refractivity contribution is 0.0488. The average Bonchev–Trinajstić information content (AvgIpc) is 2.38. The van der Waals surface area contributed by atoms with Gasteiger partial charge < -0.3 is 4.74 Å². The molecule has 0 aliphatic carbocycles. The molecule has 3 heteroatoms. The summed E-state index contributed by atoms with van der Waals surface area (Å²) < 4.78 is 5.25. The highest BCUT2D eigenvalue weighted by atomic mass is 32.2. The van der Waals surface area contributed by atoms with Crippen LogP contribution in [0, 0.1) is 11.8 Å². The van der Waals surface area contributed by atoms with Crippen LogP contribution < -0.4 is 0 Å². The van der Waals surface area contributed by atoms with Gasteiger partial charge in [0.05, 0.1) is 12.2 Å². The van der Waals surface area contributed by atoms with E-state index in [2.05, 4.69) is 27.7 Å². The molecule has 0 unspecified atom stereocenters. The summed E-state index contributed by atoms with van der Waals surface area (Å²) >= 11 is 1.84. The SMILES string of the molecule is CC(C)CCOC(=O)c1ccc(SCCC(C)C)cc1. The maximum Gasteiger partial charge on any atom is 0.338 e. The Bertz CT molecular complexity index is 396. The molecule has 0 atom stereocenters. The largest absolute Gasteiger partial charge is 0.462 e. The van der Waals surface area contributed by atoms with Gasteiger partial charge in [-0.1, -0.05) is 27.7 Å². The summed E-state index contributed by atoms with van der Waals surface area (Å²) in [6.45, 7) is 9.21. The Hall–Kier alpha value is -0.960. The van der Waals surface area contributed by atoms with Crippen LogP contribution in [0.5, 0.6) is 0 Å². The van der Waals surface area contributed by atoms with E-state index in [1.165, 1.54) is 11.3 Å². The van der Waals surface area contributed by atoms with Gasteiger partial charge in [0.2, 0.25) is 0 Å². The van der Waals surface area contributed by atoms with Crippen molar-refractivity contribution in [2.75, 3.05) is 12.4 Å². The maximum atomic E-state index is 11.8. The van der Waals surface area contributed by atoms with E-state index in [0.717, 1.165) is 18.1 Å². The number of rotatable bonds is 8. The highest BCUT2D eigenvalue weighted by Crippen LogP contribution is 2.21. The molecule has 2 nitrogen and oxygen atoms in total. The van der Waals surface area contributed by atoms with Crippen LogP contribution in [0.25, 0.3) is 0 Å². The molecule has 0 saturated carbocycles. The number of carbonyl (C=O) groups is 1. The monoisotopic (exact) mass is 294 g/mol. The van der Waals surface area contributed by atoms with Crippen molar-refractivity contribution >= 4 is 17.7 Å². The van der Waals surface area contributed by atoms with E-state index in [4.69, 9.17) is 4.74 Å². The zero-order valence-electron chi connectivity index (χ0n) is 13.0. The van der Waals surface area contributed by atoms with Crippen LogP contribution in [-0.2, 0) is 4.74 Å². The molecule has 112 valence electrons. The highest BCUT2D eigenvalue weighted by molar-refractivity contribution is 7.99. The number of esters is 1. The molecule has 0 N–H and O–H groups in total. The van der Waals surface area contributed by atoms with Gasteiger partial charge >= 0.3 is 5.97 Å². The smallest absolute Gasteiger partial charge is 0.338 e. The third-order valence-corrected chi connectivity index (χ3v) is 4.03. The van der Waals surface area contributed by atoms with Crippen LogP contribution in [0.2, 0.25) is 0 Å². The summed E-state index contributed by atoms with van der Waals surface area (Å²) in [4.78, 5) is 13.0. The average molecular weight is 294 g/mol. The minimum Gasteiger partial charge on any atom is -0.462 e. The Labute approximate surface area is 127 Å². The number of hydrogen-bond acceptors (Lipinski definition) is 3. The highest BCUT2D eigenvalue weighted by Gasteiger charge is 2.07. The number of benzene rings is 1. The number of thioether (sulfide) groups is 1. The van der Waals surface area contributed by atoms with E-state index in [-0.39, 0.29) is 5.97 Å². The molecule has 0 heterocycles. The molecule has 20 heavy (non-hydrogen) atoms. The van der Waals surface area contributed by atoms with Gasteiger partial charge in [-0.05, 0) is 54.7 Å². The Kier molecular flexibility index (Phi) is 7.75. The summed E-state index contributed by atoms with van der Waals surface area (Å²) in [6.07, 6.45) is 2.12. The Morgan fingerprint density at radius 2 is 1.65 bits per heavy atom. The molecule has 0 saturated heterocycles. The molecule has 0 fully saturated rings. The zero-order chi connectivity index (χ0) is 15.0. The Morgan fingerprint density at radius 1 is 1.05 bits per heavy atom. The van der Waals surface area contributed by atoms with Gasteiger partial charge in [-0.25, -0.2) is 4.79 Å². The van der Waals surface area contributed by atoms with E-state index < -0.39 is 0 Å². The Morgan fingerprint density at radius 3 is 2.20 bits per heavy atom. The molecule has 0 aliphatic heterocycles. The van der Waals surface area contributed by atoms with Crippen molar-refractivity contribution in [3.63, 3.8) is 0 Å². The summed E-state index contributed by atoms with van der Waals surface area (Å²) in [5.41, 5.74) is 0.641. The van der Waals surface area contributed by atoms with Crippen molar-refractivity contribution in [1.82, 2.24) is 0 Å². The van der Waals surface area contributed by atoms with Crippen LogP contribution in [0.4, 0.5) is 0 Å². The lowest BCUT2D eigenvalue weighted by Gasteiger charge is -2.08. The molecule has 1 aromatic rings. The number of ether oxygens (including phenoxy) is 1. The predicted molar refractivity (Wildman–Crippen MR) is 86.4 cm³/mol. The first-order valence-corrected chi connectivity index (χ1v) is 8.37. The van der Waals surface area contributed by atoms with Crippen molar-refractivity contribution < 1.29 is 9.53 Å². The molecule has 0 spiro atoms. The first-order chi connectivity index (χ1) is 9.49. The van der Waals surface area contributed by atoms with Crippen LogP contribution in [0.15, 0.2) is 29.2 Å². The van der Waals surface area contributed by atoms with Gasteiger partial charge in [0.15, 0.2) is 0 Å². The molecular weight excluding hydrogens is 268 g/mol. The van der Waals surface area contributed by atoms with Crippen molar-refractivity contribution in [2.45, 2.75) is 45.4 Å². The summed E-state index contributed by atoms with van der Waals surface area (Å²) in [5, 5.41) is 0. The zero-order valence-corrected chi connectivity index (χ0v) is 13.8.